The second-order valence-corrected chi connectivity index (χ2v) is 10.3. The molecule has 0 bridgehead atoms. The molecule has 1 atom stereocenters. The van der Waals surface area contributed by atoms with Gasteiger partial charge in [0.15, 0.2) is 11.5 Å². The summed E-state index contributed by atoms with van der Waals surface area (Å²) in [6.07, 6.45) is 4.97. The normalized spacial score (nSPS) is 19.1. The van der Waals surface area contributed by atoms with Gasteiger partial charge in [0, 0.05) is 60.9 Å². The Hall–Kier alpha value is -3.33. The molecule has 6 rings (SSSR count). The van der Waals surface area contributed by atoms with E-state index in [4.69, 9.17) is 5.10 Å². The van der Waals surface area contributed by atoms with Crippen LogP contribution in [-0.2, 0) is 30.8 Å². The predicted molar refractivity (Wildman–Crippen MR) is 125 cm³/mol. The molecule has 1 fully saturated rings. The molecule has 2 aromatic heterocycles. The largest absolute Gasteiger partial charge is 0.344 e. The zero-order valence-corrected chi connectivity index (χ0v) is 19.5. The summed E-state index contributed by atoms with van der Waals surface area (Å²) >= 11 is 1.49. The summed E-state index contributed by atoms with van der Waals surface area (Å²) < 4.78 is 1.99. The van der Waals surface area contributed by atoms with E-state index < -0.39 is 5.92 Å². The van der Waals surface area contributed by atoms with Crippen LogP contribution in [0.5, 0.6) is 0 Å². The van der Waals surface area contributed by atoms with Gasteiger partial charge in [-0.05, 0) is 24.3 Å². The number of carbonyl (C=O) groups excluding carboxylic acids is 3. The average molecular weight is 476 g/mol. The van der Waals surface area contributed by atoms with Crippen molar-refractivity contribution in [2.75, 3.05) is 6.54 Å². The molecule has 0 spiro atoms. The number of thiazole rings is 1. The minimum atomic E-state index is -0.450. The number of ketones is 1. The quantitative estimate of drug-likeness (QED) is 0.591. The zero-order chi connectivity index (χ0) is 23.2. The standard InChI is InChI=1S/C25H25N5O3S/c31-21-11-18(16-3-1-2-4-17(16)21)25(33)29-9-7-20-19(14-29)23(28-30(20)13-15-5-6-15)24(32)27-12-22-26-8-10-34-22/h1-4,8,10,15,18H,5-7,9,11-14H2,(H,27,32). The van der Waals surface area contributed by atoms with Crippen LogP contribution in [0.15, 0.2) is 35.8 Å². The van der Waals surface area contributed by atoms with Gasteiger partial charge in [0.05, 0.1) is 12.5 Å². The van der Waals surface area contributed by atoms with E-state index in [2.05, 4.69) is 10.3 Å². The molecular weight excluding hydrogens is 450 g/mol. The van der Waals surface area contributed by atoms with Gasteiger partial charge in [0.1, 0.15) is 5.01 Å². The molecule has 0 saturated heterocycles. The van der Waals surface area contributed by atoms with E-state index in [-0.39, 0.29) is 24.0 Å². The average Bonchev–Trinajstić information content (AvgIpc) is 3.25. The fraction of sp³-hybridized carbons (Fsp3) is 0.400. The first-order valence-electron chi connectivity index (χ1n) is 11.7. The molecule has 1 N–H and O–H groups in total. The van der Waals surface area contributed by atoms with Gasteiger partial charge in [-0.3, -0.25) is 19.1 Å². The van der Waals surface area contributed by atoms with Crippen molar-refractivity contribution >= 4 is 28.9 Å². The molecule has 2 aliphatic carbocycles. The molecule has 1 saturated carbocycles. The Kier molecular flexibility index (Phi) is 5.28. The Labute approximate surface area is 201 Å². The number of fused-ring (bicyclic) bond motifs is 2. The third-order valence-electron chi connectivity index (χ3n) is 7.00. The second-order valence-electron chi connectivity index (χ2n) is 9.28. The smallest absolute Gasteiger partial charge is 0.272 e. The number of benzene rings is 1. The minimum absolute atomic E-state index is 0.0196. The summed E-state index contributed by atoms with van der Waals surface area (Å²) in [5, 5.41) is 10.4. The van der Waals surface area contributed by atoms with E-state index in [1.807, 2.05) is 28.3 Å². The van der Waals surface area contributed by atoms with E-state index in [1.165, 1.54) is 24.2 Å². The van der Waals surface area contributed by atoms with Crippen molar-refractivity contribution in [1.29, 1.82) is 0 Å². The molecule has 1 aromatic carbocycles. The maximum Gasteiger partial charge on any atom is 0.272 e. The van der Waals surface area contributed by atoms with Crippen LogP contribution in [0.4, 0.5) is 0 Å². The molecule has 3 heterocycles. The van der Waals surface area contributed by atoms with E-state index in [0.717, 1.165) is 28.4 Å². The van der Waals surface area contributed by atoms with E-state index >= 15 is 0 Å². The first kappa shape index (κ1) is 21.2. The lowest BCUT2D eigenvalue weighted by Gasteiger charge is -2.30. The molecule has 34 heavy (non-hydrogen) atoms. The number of Topliss-reactive ketones (excluding diaryl/α,β-unsaturated/α-hetero) is 1. The highest BCUT2D eigenvalue weighted by atomic mass is 32.1. The lowest BCUT2D eigenvalue weighted by atomic mass is 9.97. The molecule has 174 valence electrons. The molecule has 3 aliphatic rings. The molecule has 0 radical (unpaired) electrons. The second kappa shape index (κ2) is 8.47. The fourth-order valence-electron chi connectivity index (χ4n) is 5.04. The van der Waals surface area contributed by atoms with Crippen LogP contribution in [0, 0.1) is 5.92 Å². The Morgan fingerprint density at radius 2 is 2.06 bits per heavy atom. The van der Waals surface area contributed by atoms with E-state index in [1.54, 1.807) is 17.2 Å². The Morgan fingerprint density at radius 3 is 2.85 bits per heavy atom. The van der Waals surface area contributed by atoms with Gasteiger partial charge in [-0.1, -0.05) is 24.3 Å². The SMILES string of the molecule is O=C1CC(C(=O)N2CCc3c(c(C(=O)NCc4nccs4)nn3CC3CC3)C2)c2ccccc21. The summed E-state index contributed by atoms with van der Waals surface area (Å²) in [6.45, 7) is 2.08. The number of aromatic nitrogens is 3. The Morgan fingerprint density at radius 1 is 1.21 bits per heavy atom. The molecule has 1 unspecified atom stereocenters. The van der Waals surface area contributed by atoms with Gasteiger partial charge in [-0.15, -0.1) is 11.3 Å². The number of nitrogens with zero attached hydrogens (tertiary/aromatic N) is 4. The molecule has 9 heteroatoms. The lowest BCUT2D eigenvalue weighted by molar-refractivity contribution is -0.133. The Balaban J connectivity index is 1.26. The maximum atomic E-state index is 13.5. The third-order valence-corrected chi connectivity index (χ3v) is 7.78. The van der Waals surface area contributed by atoms with Crippen molar-refractivity contribution in [1.82, 2.24) is 25.0 Å². The molecular formula is C25H25N5O3S. The predicted octanol–water partition coefficient (Wildman–Crippen LogP) is 2.93. The number of hydrogen-bond donors (Lipinski definition) is 1. The summed E-state index contributed by atoms with van der Waals surface area (Å²) in [4.78, 5) is 45.1. The van der Waals surface area contributed by atoms with Crippen LogP contribution in [-0.4, -0.2) is 43.8 Å². The highest BCUT2D eigenvalue weighted by Gasteiger charge is 2.39. The third kappa shape index (κ3) is 3.83. The highest BCUT2D eigenvalue weighted by Crippen LogP contribution is 2.36. The number of hydrogen-bond acceptors (Lipinski definition) is 6. The summed E-state index contributed by atoms with van der Waals surface area (Å²) in [7, 11) is 0. The summed E-state index contributed by atoms with van der Waals surface area (Å²) in [5.74, 6) is -0.0966. The highest BCUT2D eigenvalue weighted by molar-refractivity contribution is 7.09. The van der Waals surface area contributed by atoms with Crippen LogP contribution < -0.4 is 5.32 Å². The molecule has 3 aromatic rings. The van der Waals surface area contributed by atoms with Crippen molar-refractivity contribution in [3.8, 4) is 0 Å². The van der Waals surface area contributed by atoms with Crippen molar-refractivity contribution in [3.63, 3.8) is 0 Å². The summed E-state index contributed by atoms with van der Waals surface area (Å²) in [5.41, 5.74) is 3.74. The fourth-order valence-corrected chi connectivity index (χ4v) is 5.59. The van der Waals surface area contributed by atoms with E-state index in [9.17, 15) is 14.4 Å². The van der Waals surface area contributed by atoms with Crippen LogP contribution in [0.2, 0.25) is 0 Å². The molecule has 1 aliphatic heterocycles. The van der Waals surface area contributed by atoms with Crippen molar-refractivity contribution in [2.45, 2.75) is 51.2 Å². The van der Waals surface area contributed by atoms with Gasteiger partial charge in [0.25, 0.3) is 5.91 Å². The Bertz CT molecular complexity index is 1280. The van der Waals surface area contributed by atoms with Gasteiger partial charge in [-0.2, -0.15) is 5.10 Å². The monoisotopic (exact) mass is 475 g/mol. The number of carbonyl (C=O) groups is 3. The van der Waals surface area contributed by atoms with Crippen molar-refractivity contribution in [3.05, 3.63) is 68.9 Å². The maximum absolute atomic E-state index is 13.5. The van der Waals surface area contributed by atoms with Gasteiger partial charge >= 0.3 is 0 Å². The number of amides is 2. The minimum Gasteiger partial charge on any atom is -0.344 e. The van der Waals surface area contributed by atoms with Gasteiger partial charge in [0.2, 0.25) is 5.91 Å². The van der Waals surface area contributed by atoms with Crippen LogP contribution in [0.25, 0.3) is 0 Å². The van der Waals surface area contributed by atoms with Crippen LogP contribution in [0.3, 0.4) is 0 Å². The topological polar surface area (TPSA) is 97.2 Å². The number of nitrogens with one attached hydrogen (secondary N) is 1. The molecule has 8 nitrogen and oxygen atoms in total. The van der Waals surface area contributed by atoms with Crippen LogP contribution >= 0.6 is 11.3 Å². The van der Waals surface area contributed by atoms with Gasteiger partial charge in [-0.25, -0.2) is 4.98 Å². The first-order valence-corrected chi connectivity index (χ1v) is 12.6. The van der Waals surface area contributed by atoms with Crippen molar-refractivity contribution in [2.24, 2.45) is 5.92 Å². The van der Waals surface area contributed by atoms with Crippen LogP contribution in [0.1, 0.15) is 67.9 Å². The summed E-state index contributed by atoms with van der Waals surface area (Å²) in [6, 6.07) is 7.38. The number of rotatable bonds is 6. The lowest BCUT2D eigenvalue weighted by Crippen LogP contribution is -2.39. The van der Waals surface area contributed by atoms with Crippen molar-refractivity contribution < 1.29 is 14.4 Å². The van der Waals surface area contributed by atoms with E-state index in [0.29, 0.717) is 43.2 Å². The van der Waals surface area contributed by atoms with Gasteiger partial charge < -0.3 is 10.2 Å². The first-order chi connectivity index (χ1) is 16.6. The molecule has 2 amide bonds. The zero-order valence-electron chi connectivity index (χ0n) is 18.7.